The molecule has 0 aliphatic rings. The summed E-state index contributed by atoms with van der Waals surface area (Å²) in [5.74, 6) is 0. The van der Waals surface area contributed by atoms with Crippen molar-refractivity contribution in [1.29, 1.82) is 0 Å². The Morgan fingerprint density at radius 2 is 1.95 bits per heavy atom. The third-order valence-electron chi connectivity index (χ3n) is 3.50. The van der Waals surface area contributed by atoms with Crippen molar-refractivity contribution in [3.63, 3.8) is 0 Å². The third-order valence-corrected chi connectivity index (χ3v) is 3.50. The molecule has 0 amide bonds. The van der Waals surface area contributed by atoms with E-state index in [0.717, 1.165) is 12.1 Å². The molecule has 1 heterocycles. The van der Waals surface area contributed by atoms with Gasteiger partial charge in [-0.25, -0.2) is 4.98 Å². The number of imidazole rings is 1. The summed E-state index contributed by atoms with van der Waals surface area (Å²) in [7, 11) is 0. The number of unbranched alkanes of at least 4 members (excludes halogenated alkanes) is 2. The first-order chi connectivity index (χ1) is 9.27. The lowest BCUT2D eigenvalue weighted by Crippen LogP contribution is -1.93. The van der Waals surface area contributed by atoms with Gasteiger partial charge in [-0.05, 0) is 62.3 Å². The van der Waals surface area contributed by atoms with Crippen LogP contribution >= 0.6 is 0 Å². The molecule has 0 bridgehead atoms. The maximum atomic E-state index is 4.16. The van der Waals surface area contributed by atoms with E-state index in [1.807, 2.05) is 6.20 Å². The van der Waals surface area contributed by atoms with Crippen LogP contribution in [0.4, 0.5) is 0 Å². The molecule has 2 heteroatoms. The number of hydrogen-bond donors (Lipinski definition) is 1. The van der Waals surface area contributed by atoms with Crippen LogP contribution < -0.4 is 0 Å². The number of aromatic nitrogens is 2. The normalized spacial score (nSPS) is 11.3. The van der Waals surface area contributed by atoms with Crippen molar-refractivity contribution < 1.29 is 0 Å². The third kappa shape index (κ3) is 4.09. The Hall–Kier alpha value is -1.83. The second kappa shape index (κ2) is 6.93. The Balaban J connectivity index is 1.72. The van der Waals surface area contributed by atoms with Crippen molar-refractivity contribution in [1.82, 2.24) is 9.97 Å². The Labute approximate surface area is 115 Å². The van der Waals surface area contributed by atoms with Crippen molar-refractivity contribution in [2.45, 2.75) is 39.5 Å². The highest BCUT2D eigenvalue weighted by Crippen LogP contribution is 2.16. The van der Waals surface area contributed by atoms with Gasteiger partial charge in [-0.15, -0.1) is 0 Å². The monoisotopic (exact) mass is 254 g/mol. The molecule has 1 aromatic heterocycles. The van der Waals surface area contributed by atoms with Crippen LogP contribution in [0.15, 0.2) is 36.8 Å². The summed E-state index contributed by atoms with van der Waals surface area (Å²) in [6.07, 6.45) is 12.7. The molecule has 0 spiro atoms. The van der Waals surface area contributed by atoms with Crippen LogP contribution in [-0.2, 0) is 6.42 Å². The molecule has 0 atom stereocenters. The lowest BCUT2D eigenvalue weighted by atomic mass is 9.97. The van der Waals surface area contributed by atoms with E-state index in [1.54, 1.807) is 6.33 Å². The molecule has 0 saturated carbocycles. The molecule has 1 N–H and O–H groups in total. The first-order valence-electron chi connectivity index (χ1n) is 6.98. The Kier molecular flexibility index (Phi) is 4.96. The second-order valence-electron chi connectivity index (χ2n) is 5.01. The SMILES string of the molecule is Cc1cccc(C)c1CCCCC=Cc1c[nH]cn1. The quantitative estimate of drug-likeness (QED) is 0.758. The highest BCUT2D eigenvalue weighted by Gasteiger charge is 2.00. The van der Waals surface area contributed by atoms with Gasteiger partial charge >= 0.3 is 0 Å². The average molecular weight is 254 g/mol. The number of allylic oxidation sites excluding steroid dienone is 1. The van der Waals surface area contributed by atoms with E-state index in [-0.39, 0.29) is 0 Å². The zero-order valence-corrected chi connectivity index (χ0v) is 11.8. The van der Waals surface area contributed by atoms with E-state index in [4.69, 9.17) is 0 Å². The fourth-order valence-corrected chi connectivity index (χ4v) is 2.37. The van der Waals surface area contributed by atoms with Crippen LogP contribution in [-0.4, -0.2) is 9.97 Å². The maximum absolute atomic E-state index is 4.16. The molecule has 2 nitrogen and oxygen atoms in total. The van der Waals surface area contributed by atoms with Gasteiger partial charge in [-0.1, -0.05) is 24.3 Å². The smallest absolute Gasteiger partial charge is 0.0927 e. The topological polar surface area (TPSA) is 28.7 Å². The predicted molar refractivity (Wildman–Crippen MR) is 81.1 cm³/mol. The minimum Gasteiger partial charge on any atom is -0.351 e. The van der Waals surface area contributed by atoms with Crippen LogP contribution in [0.2, 0.25) is 0 Å². The fraction of sp³-hybridized carbons (Fsp3) is 0.353. The van der Waals surface area contributed by atoms with Crippen LogP contribution in [0.3, 0.4) is 0 Å². The van der Waals surface area contributed by atoms with Crippen LogP contribution in [0.1, 0.15) is 41.6 Å². The molecule has 0 aliphatic heterocycles. The van der Waals surface area contributed by atoms with E-state index < -0.39 is 0 Å². The maximum Gasteiger partial charge on any atom is 0.0927 e. The van der Waals surface area contributed by atoms with Crippen molar-refractivity contribution >= 4 is 6.08 Å². The molecule has 2 aromatic rings. The van der Waals surface area contributed by atoms with Crippen molar-refractivity contribution in [2.24, 2.45) is 0 Å². The van der Waals surface area contributed by atoms with Gasteiger partial charge in [0.25, 0.3) is 0 Å². The summed E-state index contributed by atoms with van der Waals surface area (Å²) in [4.78, 5) is 7.12. The van der Waals surface area contributed by atoms with Crippen molar-refractivity contribution in [3.05, 3.63) is 59.2 Å². The van der Waals surface area contributed by atoms with E-state index in [9.17, 15) is 0 Å². The highest BCUT2D eigenvalue weighted by atomic mass is 14.8. The molecule has 0 fully saturated rings. The van der Waals surface area contributed by atoms with Gasteiger partial charge in [0.05, 0.1) is 12.0 Å². The van der Waals surface area contributed by atoms with Gasteiger partial charge in [0.15, 0.2) is 0 Å². The summed E-state index contributed by atoms with van der Waals surface area (Å²) < 4.78 is 0. The summed E-state index contributed by atoms with van der Waals surface area (Å²) in [6.45, 7) is 4.42. The van der Waals surface area contributed by atoms with Crippen LogP contribution in [0.25, 0.3) is 6.08 Å². The van der Waals surface area contributed by atoms with Crippen LogP contribution in [0, 0.1) is 13.8 Å². The molecule has 0 saturated heterocycles. The van der Waals surface area contributed by atoms with Gasteiger partial charge in [-0.2, -0.15) is 0 Å². The van der Waals surface area contributed by atoms with Crippen molar-refractivity contribution in [2.75, 3.05) is 0 Å². The van der Waals surface area contributed by atoms with Gasteiger partial charge in [0.2, 0.25) is 0 Å². The predicted octanol–water partition coefficient (Wildman–Crippen LogP) is 4.45. The zero-order chi connectivity index (χ0) is 13.5. The number of aromatic amines is 1. The minimum absolute atomic E-state index is 1.01. The summed E-state index contributed by atoms with van der Waals surface area (Å²) in [5, 5.41) is 0. The number of rotatable bonds is 6. The molecule has 19 heavy (non-hydrogen) atoms. The number of aryl methyl sites for hydroxylation is 2. The zero-order valence-electron chi connectivity index (χ0n) is 11.8. The minimum atomic E-state index is 1.01. The average Bonchev–Trinajstić information content (AvgIpc) is 2.89. The number of nitrogens with one attached hydrogen (secondary N) is 1. The van der Waals surface area contributed by atoms with Gasteiger partial charge < -0.3 is 4.98 Å². The standard InChI is InChI=1S/C17H22N2/c1-14-8-7-9-15(2)17(14)11-6-4-3-5-10-16-12-18-13-19-16/h5,7-10,12-13H,3-4,6,11H2,1-2H3,(H,18,19). The Bertz CT molecular complexity index is 504. The van der Waals surface area contributed by atoms with Gasteiger partial charge in [0.1, 0.15) is 0 Å². The van der Waals surface area contributed by atoms with E-state index >= 15 is 0 Å². The summed E-state index contributed by atoms with van der Waals surface area (Å²) >= 11 is 0. The molecule has 0 radical (unpaired) electrons. The second-order valence-corrected chi connectivity index (χ2v) is 5.01. The number of benzene rings is 1. The largest absolute Gasteiger partial charge is 0.351 e. The summed E-state index contributed by atoms with van der Waals surface area (Å²) in [5.41, 5.74) is 5.38. The van der Waals surface area contributed by atoms with E-state index in [0.29, 0.717) is 0 Å². The highest BCUT2D eigenvalue weighted by molar-refractivity contribution is 5.42. The van der Waals surface area contributed by atoms with E-state index in [1.165, 1.54) is 36.0 Å². The number of H-pyrrole nitrogens is 1. The lowest BCUT2D eigenvalue weighted by molar-refractivity contribution is 0.743. The van der Waals surface area contributed by atoms with Crippen molar-refractivity contribution in [3.8, 4) is 0 Å². The first-order valence-corrected chi connectivity index (χ1v) is 6.98. The molecule has 100 valence electrons. The molecule has 2 rings (SSSR count). The van der Waals surface area contributed by atoms with Gasteiger partial charge in [0, 0.05) is 6.20 Å². The molecular formula is C17H22N2. The van der Waals surface area contributed by atoms with Crippen LogP contribution in [0.5, 0.6) is 0 Å². The first kappa shape index (κ1) is 13.6. The lowest BCUT2D eigenvalue weighted by Gasteiger charge is -2.08. The Morgan fingerprint density at radius 1 is 1.16 bits per heavy atom. The summed E-state index contributed by atoms with van der Waals surface area (Å²) in [6, 6.07) is 6.56. The number of nitrogens with zero attached hydrogens (tertiary/aromatic N) is 1. The Morgan fingerprint density at radius 3 is 2.63 bits per heavy atom. The molecule has 0 aliphatic carbocycles. The molecule has 0 unspecified atom stereocenters. The number of hydrogen-bond acceptors (Lipinski definition) is 1. The van der Waals surface area contributed by atoms with E-state index in [2.05, 4.69) is 54.2 Å². The fourth-order valence-electron chi connectivity index (χ4n) is 2.37. The molecular weight excluding hydrogens is 232 g/mol. The van der Waals surface area contributed by atoms with Gasteiger partial charge in [-0.3, -0.25) is 0 Å². The molecule has 1 aromatic carbocycles.